The van der Waals surface area contributed by atoms with Crippen LogP contribution in [0.5, 0.6) is 0 Å². The fraction of sp³-hybridized carbons (Fsp3) is 0.429. The van der Waals surface area contributed by atoms with Crippen LogP contribution in [0.3, 0.4) is 0 Å². The molecule has 0 aliphatic carbocycles. The van der Waals surface area contributed by atoms with Gasteiger partial charge in [0.15, 0.2) is 0 Å². The molecular weight excluding hydrogens is 422 g/mol. The van der Waals surface area contributed by atoms with E-state index < -0.39 is 11.5 Å². The summed E-state index contributed by atoms with van der Waals surface area (Å²) in [5, 5.41) is 9.14. The molecule has 164 valence electrons. The van der Waals surface area contributed by atoms with Crippen LogP contribution in [0.1, 0.15) is 40.0 Å². The second kappa shape index (κ2) is 8.68. The quantitative estimate of drug-likeness (QED) is 0.610. The number of aromatic amines is 1. The number of hydrogen-bond acceptors (Lipinski definition) is 6. The number of benzene rings is 1. The number of nitrogens with one attached hydrogen (secondary N) is 2. The molecule has 10 heteroatoms. The van der Waals surface area contributed by atoms with Crippen LogP contribution in [0.2, 0.25) is 5.02 Å². The van der Waals surface area contributed by atoms with E-state index in [1.54, 1.807) is 18.2 Å². The lowest BCUT2D eigenvalue weighted by Crippen LogP contribution is -2.43. The molecule has 1 spiro atoms. The SMILES string of the molecule is Nc1cc(C(=O)N2CC3(CCOCC3)CC2CNC(=O)c2cn[nH]c(=O)c2)ccc1Cl. The van der Waals surface area contributed by atoms with Crippen LogP contribution in [0, 0.1) is 5.41 Å². The lowest BCUT2D eigenvalue weighted by atomic mass is 9.78. The maximum absolute atomic E-state index is 13.3. The van der Waals surface area contributed by atoms with E-state index in [2.05, 4.69) is 15.5 Å². The van der Waals surface area contributed by atoms with E-state index in [1.807, 2.05) is 4.90 Å². The largest absolute Gasteiger partial charge is 0.398 e. The highest BCUT2D eigenvalue weighted by Crippen LogP contribution is 2.43. The number of halogens is 1. The summed E-state index contributed by atoms with van der Waals surface area (Å²) in [5.74, 6) is -0.557. The Labute approximate surface area is 183 Å². The lowest BCUT2D eigenvalue weighted by Gasteiger charge is -2.33. The number of anilines is 1. The minimum absolute atomic E-state index is 0.0350. The number of amides is 2. The zero-order valence-corrected chi connectivity index (χ0v) is 17.7. The Morgan fingerprint density at radius 2 is 2.06 bits per heavy atom. The molecule has 9 nitrogen and oxygen atoms in total. The molecule has 4 N–H and O–H groups in total. The normalized spacial score (nSPS) is 20.0. The van der Waals surface area contributed by atoms with E-state index in [4.69, 9.17) is 22.1 Å². The van der Waals surface area contributed by atoms with Crippen molar-refractivity contribution in [2.75, 3.05) is 32.0 Å². The molecule has 2 aromatic rings. The number of aromatic nitrogens is 2. The van der Waals surface area contributed by atoms with Gasteiger partial charge in [-0.15, -0.1) is 0 Å². The first-order valence-electron chi connectivity index (χ1n) is 10.1. The summed E-state index contributed by atoms with van der Waals surface area (Å²) in [7, 11) is 0. The third-order valence-corrected chi connectivity index (χ3v) is 6.44. The third kappa shape index (κ3) is 4.57. The maximum atomic E-state index is 13.3. The standard InChI is InChI=1S/C21H24ClN5O4/c22-16-2-1-13(7-17(16)23)20(30)27-12-21(3-5-31-6-4-21)9-15(27)11-24-19(29)14-8-18(28)26-25-10-14/h1-2,7-8,10,15H,3-6,9,11-12,23H2,(H,24,29)(H,26,28). The molecular formula is C21H24ClN5O4. The first-order chi connectivity index (χ1) is 14.9. The molecule has 1 unspecified atom stereocenters. The maximum Gasteiger partial charge on any atom is 0.264 e. The molecule has 2 aliphatic heterocycles. The molecule has 0 saturated carbocycles. The minimum atomic E-state index is -0.452. The number of hydrogen-bond donors (Lipinski definition) is 3. The van der Waals surface area contributed by atoms with Crippen molar-refractivity contribution >= 4 is 29.1 Å². The van der Waals surface area contributed by atoms with Crippen molar-refractivity contribution in [3.8, 4) is 0 Å². The number of nitrogen functional groups attached to an aromatic ring is 1. The molecule has 31 heavy (non-hydrogen) atoms. The smallest absolute Gasteiger partial charge is 0.264 e. The van der Waals surface area contributed by atoms with Crippen LogP contribution in [0.4, 0.5) is 5.69 Å². The Kier molecular flexibility index (Phi) is 5.97. The molecule has 2 fully saturated rings. The Bertz CT molecular complexity index is 1050. The van der Waals surface area contributed by atoms with Crippen molar-refractivity contribution in [1.29, 1.82) is 0 Å². The summed E-state index contributed by atoms with van der Waals surface area (Å²) >= 11 is 6.00. The van der Waals surface area contributed by atoms with Crippen LogP contribution in [-0.4, -0.2) is 59.3 Å². The number of nitrogens with zero attached hydrogens (tertiary/aromatic N) is 2. The second-order valence-electron chi connectivity index (χ2n) is 8.18. The molecule has 3 heterocycles. The highest BCUT2D eigenvalue weighted by atomic mass is 35.5. The van der Waals surface area contributed by atoms with Gasteiger partial charge in [0, 0.05) is 44.0 Å². The molecule has 1 aromatic carbocycles. The van der Waals surface area contributed by atoms with Gasteiger partial charge in [0.05, 0.1) is 22.5 Å². The van der Waals surface area contributed by atoms with Crippen molar-refractivity contribution in [3.63, 3.8) is 0 Å². The Balaban J connectivity index is 1.53. The molecule has 0 bridgehead atoms. The molecule has 2 amide bonds. The number of carbonyl (C=O) groups is 2. The Hall–Kier alpha value is -2.91. The van der Waals surface area contributed by atoms with Gasteiger partial charge in [0.1, 0.15) is 0 Å². The molecule has 1 aromatic heterocycles. The van der Waals surface area contributed by atoms with Gasteiger partial charge in [-0.1, -0.05) is 11.6 Å². The van der Waals surface area contributed by atoms with Gasteiger partial charge in [0.2, 0.25) is 0 Å². The number of likely N-dealkylation sites (tertiary alicyclic amines) is 1. The summed E-state index contributed by atoms with van der Waals surface area (Å²) in [6, 6.07) is 5.85. The molecule has 2 aliphatic rings. The summed E-state index contributed by atoms with van der Waals surface area (Å²) in [6.45, 7) is 2.18. The van der Waals surface area contributed by atoms with Gasteiger partial charge < -0.3 is 20.7 Å². The monoisotopic (exact) mass is 445 g/mol. The highest BCUT2D eigenvalue weighted by Gasteiger charge is 2.46. The van der Waals surface area contributed by atoms with E-state index >= 15 is 0 Å². The van der Waals surface area contributed by atoms with E-state index in [0.717, 1.165) is 19.3 Å². The Morgan fingerprint density at radius 3 is 2.77 bits per heavy atom. The predicted octanol–water partition coefficient (Wildman–Crippen LogP) is 1.45. The van der Waals surface area contributed by atoms with Gasteiger partial charge in [0.25, 0.3) is 17.4 Å². The first kappa shape index (κ1) is 21.3. The average molecular weight is 446 g/mol. The summed E-state index contributed by atoms with van der Waals surface area (Å²) in [5.41, 5.74) is 6.38. The van der Waals surface area contributed by atoms with E-state index in [9.17, 15) is 14.4 Å². The van der Waals surface area contributed by atoms with Gasteiger partial charge >= 0.3 is 0 Å². The fourth-order valence-corrected chi connectivity index (χ4v) is 4.52. The number of ether oxygens (including phenoxy) is 1. The van der Waals surface area contributed by atoms with E-state index in [0.29, 0.717) is 36.0 Å². The third-order valence-electron chi connectivity index (χ3n) is 6.10. The van der Waals surface area contributed by atoms with E-state index in [-0.39, 0.29) is 29.5 Å². The van der Waals surface area contributed by atoms with Gasteiger partial charge in [-0.3, -0.25) is 14.4 Å². The van der Waals surface area contributed by atoms with Crippen LogP contribution >= 0.6 is 11.6 Å². The number of carbonyl (C=O) groups excluding carboxylic acids is 2. The Morgan fingerprint density at radius 1 is 1.29 bits per heavy atom. The topological polar surface area (TPSA) is 130 Å². The number of rotatable bonds is 4. The molecule has 1 atom stereocenters. The van der Waals surface area contributed by atoms with Crippen LogP contribution < -0.4 is 16.6 Å². The summed E-state index contributed by atoms with van der Waals surface area (Å²) < 4.78 is 5.52. The number of nitrogens with two attached hydrogens (primary N) is 1. The summed E-state index contributed by atoms with van der Waals surface area (Å²) in [4.78, 5) is 39.1. The van der Waals surface area contributed by atoms with Crippen molar-refractivity contribution in [2.45, 2.75) is 25.3 Å². The fourth-order valence-electron chi connectivity index (χ4n) is 4.41. The van der Waals surface area contributed by atoms with Gasteiger partial charge in [-0.25, -0.2) is 5.10 Å². The second-order valence-corrected chi connectivity index (χ2v) is 8.59. The lowest BCUT2D eigenvalue weighted by molar-refractivity contribution is 0.0190. The van der Waals surface area contributed by atoms with Crippen molar-refractivity contribution in [1.82, 2.24) is 20.4 Å². The summed E-state index contributed by atoms with van der Waals surface area (Å²) in [6.07, 6.45) is 3.79. The first-order valence-corrected chi connectivity index (χ1v) is 10.5. The molecule has 0 radical (unpaired) electrons. The van der Waals surface area contributed by atoms with Gasteiger partial charge in [-0.05, 0) is 42.9 Å². The van der Waals surface area contributed by atoms with Crippen molar-refractivity contribution < 1.29 is 14.3 Å². The molecule has 2 saturated heterocycles. The average Bonchev–Trinajstić information content (AvgIpc) is 3.11. The van der Waals surface area contributed by atoms with Crippen LogP contribution in [-0.2, 0) is 4.74 Å². The zero-order chi connectivity index (χ0) is 22.0. The van der Waals surface area contributed by atoms with Crippen LogP contribution in [0.15, 0.2) is 35.3 Å². The van der Waals surface area contributed by atoms with E-state index in [1.165, 1.54) is 12.3 Å². The number of H-pyrrole nitrogens is 1. The minimum Gasteiger partial charge on any atom is -0.398 e. The van der Waals surface area contributed by atoms with Gasteiger partial charge in [-0.2, -0.15) is 5.10 Å². The van der Waals surface area contributed by atoms with Crippen molar-refractivity contribution in [2.24, 2.45) is 5.41 Å². The predicted molar refractivity (Wildman–Crippen MR) is 115 cm³/mol. The zero-order valence-electron chi connectivity index (χ0n) is 16.9. The highest BCUT2D eigenvalue weighted by molar-refractivity contribution is 6.33. The van der Waals surface area contributed by atoms with Crippen LogP contribution in [0.25, 0.3) is 0 Å². The molecule has 4 rings (SSSR count). The van der Waals surface area contributed by atoms with Crippen molar-refractivity contribution in [3.05, 3.63) is 57.0 Å².